The van der Waals surface area contributed by atoms with Crippen molar-refractivity contribution in [2.24, 2.45) is 7.05 Å². The summed E-state index contributed by atoms with van der Waals surface area (Å²) in [5.41, 5.74) is 1.54. The van der Waals surface area contributed by atoms with Crippen LogP contribution < -0.4 is 5.32 Å². The second-order valence-electron chi connectivity index (χ2n) is 7.38. The minimum absolute atomic E-state index is 0.0523. The molecule has 2 aromatic rings. The fourth-order valence-corrected chi connectivity index (χ4v) is 4.03. The lowest BCUT2D eigenvalue weighted by Gasteiger charge is -2.38. The predicted octanol–water partition coefficient (Wildman–Crippen LogP) is 1.37. The van der Waals surface area contributed by atoms with E-state index in [-0.39, 0.29) is 17.6 Å². The number of pyridine rings is 1. The summed E-state index contributed by atoms with van der Waals surface area (Å²) in [6.45, 7) is 3.43. The van der Waals surface area contributed by atoms with E-state index in [1.807, 2.05) is 25.4 Å². The van der Waals surface area contributed by atoms with Gasteiger partial charge in [-0.15, -0.1) is 0 Å². The lowest BCUT2D eigenvalue weighted by Crippen LogP contribution is -2.49. The summed E-state index contributed by atoms with van der Waals surface area (Å²) >= 11 is 0. The first-order valence-corrected chi connectivity index (χ1v) is 9.18. The predicted molar refractivity (Wildman–Crippen MR) is 96.5 cm³/mol. The number of hydrogen-bond acceptors (Lipinski definition) is 5. The first-order valence-electron chi connectivity index (χ1n) is 9.18. The van der Waals surface area contributed by atoms with E-state index >= 15 is 0 Å². The highest BCUT2D eigenvalue weighted by molar-refractivity contribution is 5.93. The first-order chi connectivity index (χ1) is 12.6. The average Bonchev–Trinajstić information content (AvgIpc) is 3.23. The van der Waals surface area contributed by atoms with Gasteiger partial charge in [0.25, 0.3) is 5.91 Å². The van der Waals surface area contributed by atoms with Crippen molar-refractivity contribution in [2.45, 2.75) is 37.5 Å². The number of ether oxygens (including phenoxy) is 1. The van der Waals surface area contributed by atoms with Gasteiger partial charge in [0.1, 0.15) is 0 Å². The SMILES string of the molecule is Cn1cc(C(=O)N[C@H]2CCO[C@@]3(CCN(Cc4ccccn4)C3)C2)cn1. The molecule has 1 N–H and O–H groups in total. The molecule has 138 valence electrons. The number of carbonyl (C=O) groups is 1. The van der Waals surface area contributed by atoms with Gasteiger partial charge < -0.3 is 10.1 Å². The highest BCUT2D eigenvalue weighted by Gasteiger charge is 2.43. The van der Waals surface area contributed by atoms with Crippen LogP contribution in [0.3, 0.4) is 0 Å². The Bertz CT molecular complexity index is 762. The zero-order chi connectivity index (χ0) is 18.0. The highest BCUT2D eigenvalue weighted by Crippen LogP contribution is 2.34. The molecule has 0 radical (unpaired) electrons. The molecule has 7 heteroatoms. The Morgan fingerprint density at radius 2 is 2.38 bits per heavy atom. The van der Waals surface area contributed by atoms with Crippen LogP contribution in [-0.4, -0.2) is 56.9 Å². The standard InChI is InChI=1S/C19H25N5O2/c1-23-12-15(11-21-23)18(25)22-16-5-9-26-19(10-16)6-8-24(14-19)13-17-4-2-3-7-20-17/h2-4,7,11-12,16H,5-6,8-10,13-14H2,1H3,(H,22,25)/t16-,19-/m0/s1. The quantitative estimate of drug-likeness (QED) is 0.897. The summed E-state index contributed by atoms with van der Waals surface area (Å²) in [6.07, 6.45) is 7.90. The van der Waals surface area contributed by atoms with Gasteiger partial charge in [-0.3, -0.25) is 19.4 Å². The molecule has 2 aromatic heterocycles. The van der Waals surface area contributed by atoms with Gasteiger partial charge in [0, 0.05) is 51.7 Å². The van der Waals surface area contributed by atoms with E-state index < -0.39 is 0 Å². The third kappa shape index (κ3) is 3.78. The fourth-order valence-electron chi connectivity index (χ4n) is 4.03. The minimum atomic E-state index is -0.153. The molecule has 2 saturated heterocycles. The molecule has 2 atom stereocenters. The average molecular weight is 355 g/mol. The number of carbonyl (C=O) groups excluding carboxylic acids is 1. The maximum atomic E-state index is 12.4. The molecule has 0 unspecified atom stereocenters. The molecule has 0 aliphatic carbocycles. The third-order valence-corrected chi connectivity index (χ3v) is 5.30. The van der Waals surface area contributed by atoms with Gasteiger partial charge in [0.15, 0.2) is 0 Å². The Balaban J connectivity index is 1.35. The molecule has 2 aliphatic heterocycles. The molecule has 7 nitrogen and oxygen atoms in total. The van der Waals surface area contributed by atoms with Crippen LogP contribution >= 0.6 is 0 Å². The van der Waals surface area contributed by atoms with Gasteiger partial charge in [0.2, 0.25) is 0 Å². The van der Waals surface area contributed by atoms with E-state index in [0.717, 1.165) is 44.6 Å². The van der Waals surface area contributed by atoms with Gasteiger partial charge in [-0.25, -0.2) is 0 Å². The third-order valence-electron chi connectivity index (χ3n) is 5.30. The van der Waals surface area contributed by atoms with Gasteiger partial charge in [-0.05, 0) is 31.4 Å². The zero-order valence-corrected chi connectivity index (χ0v) is 15.1. The number of nitrogens with one attached hydrogen (secondary N) is 1. The van der Waals surface area contributed by atoms with E-state index in [1.165, 1.54) is 0 Å². The molecule has 0 bridgehead atoms. The van der Waals surface area contributed by atoms with Crippen LogP contribution in [0, 0.1) is 0 Å². The van der Waals surface area contributed by atoms with E-state index in [2.05, 4.69) is 26.4 Å². The molecule has 2 aliphatic rings. The Kier molecular flexibility index (Phi) is 4.74. The summed E-state index contributed by atoms with van der Waals surface area (Å²) < 4.78 is 7.83. The maximum Gasteiger partial charge on any atom is 0.254 e. The van der Waals surface area contributed by atoms with E-state index in [9.17, 15) is 4.79 Å². The van der Waals surface area contributed by atoms with Crippen molar-refractivity contribution in [3.05, 3.63) is 48.0 Å². The Morgan fingerprint density at radius 1 is 1.46 bits per heavy atom. The van der Waals surface area contributed by atoms with Crippen molar-refractivity contribution < 1.29 is 9.53 Å². The van der Waals surface area contributed by atoms with Crippen molar-refractivity contribution in [3.63, 3.8) is 0 Å². The summed E-state index contributed by atoms with van der Waals surface area (Å²) in [5.74, 6) is -0.0523. The minimum Gasteiger partial charge on any atom is -0.373 e. The maximum absolute atomic E-state index is 12.4. The Morgan fingerprint density at radius 3 is 3.15 bits per heavy atom. The number of nitrogens with zero attached hydrogens (tertiary/aromatic N) is 4. The lowest BCUT2D eigenvalue weighted by atomic mass is 9.89. The van der Waals surface area contributed by atoms with Gasteiger partial charge in [0.05, 0.1) is 23.1 Å². The smallest absolute Gasteiger partial charge is 0.254 e. The van der Waals surface area contributed by atoms with Crippen LogP contribution in [0.25, 0.3) is 0 Å². The van der Waals surface area contributed by atoms with Crippen molar-refractivity contribution in [1.29, 1.82) is 0 Å². The molecule has 1 amide bonds. The highest BCUT2D eigenvalue weighted by atomic mass is 16.5. The number of rotatable bonds is 4. The summed E-state index contributed by atoms with van der Waals surface area (Å²) in [5, 5.41) is 7.23. The van der Waals surface area contributed by atoms with Crippen LogP contribution in [0.5, 0.6) is 0 Å². The zero-order valence-electron chi connectivity index (χ0n) is 15.1. The number of hydrogen-bond donors (Lipinski definition) is 1. The monoisotopic (exact) mass is 355 g/mol. The molecule has 2 fully saturated rings. The molecule has 1 spiro atoms. The normalized spacial score (nSPS) is 26.3. The Hall–Kier alpha value is -2.25. The molecule has 4 heterocycles. The molecular weight excluding hydrogens is 330 g/mol. The van der Waals surface area contributed by atoms with E-state index in [4.69, 9.17) is 4.74 Å². The summed E-state index contributed by atoms with van der Waals surface area (Å²) in [7, 11) is 1.81. The summed E-state index contributed by atoms with van der Waals surface area (Å²) in [4.78, 5) is 19.2. The number of aromatic nitrogens is 3. The van der Waals surface area contributed by atoms with Crippen LogP contribution in [-0.2, 0) is 18.3 Å². The topological polar surface area (TPSA) is 72.3 Å². The second-order valence-corrected chi connectivity index (χ2v) is 7.38. The molecule has 26 heavy (non-hydrogen) atoms. The number of likely N-dealkylation sites (tertiary alicyclic amines) is 1. The van der Waals surface area contributed by atoms with Crippen LogP contribution in [0.1, 0.15) is 35.3 Å². The van der Waals surface area contributed by atoms with Gasteiger partial charge in [-0.1, -0.05) is 6.07 Å². The van der Waals surface area contributed by atoms with Crippen molar-refractivity contribution in [1.82, 2.24) is 25.0 Å². The van der Waals surface area contributed by atoms with Crippen molar-refractivity contribution >= 4 is 5.91 Å². The molecular formula is C19H25N5O2. The van der Waals surface area contributed by atoms with Crippen LogP contribution in [0.4, 0.5) is 0 Å². The van der Waals surface area contributed by atoms with E-state index in [0.29, 0.717) is 12.2 Å². The molecule has 4 rings (SSSR count). The van der Waals surface area contributed by atoms with Crippen molar-refractivity contribution in [2.75, 3.05) is 19.7 Å². The molecule has 0 aromatic carbocycles. The number of amides is 1. The lowest BCUT2D eigenvalue weighted by molar-refractivity contribution is -0.0793. The van der Waals surface area contributed by atoms with Gasteiger partial charge >= 0.3 is 0 Å². The molecule has 0 saturated carbocycles. The van der Waals surface area contributed by atoms with E-state index in [1.54, 1.807) is 17.1 Å². The number of aryl methyl sites for hydroxylation is 1. The Labute approximate surface area is 153 Å². The second kappa shape index (κ2) is 7.17. The first kappa shape index (κ1) is 17.2. The largest absolute Gasteiger partial charge is 0.373 e. The van der Waals surface area contributed by atoms with Crippen molar-refractivity contribution in [3.8, 4) is 0 Å². The van der Waals surface area contributed by atoms with Gasteiger partial charge in [-0.2, -0.15) is 5.10 Å². The summed E-state index contributed by atoms with van der Waals surface area (Å²) in [6, 6.07) is 6.17. The van der Waals surface area contributed by atoms with Crippen LogP contribution in [0.15, 0.2) is 36.8 Å². The fraction of sp³-hybridized carbons (Fsp3) is 0.526. The van der Waals surface area contributed by atoms with Crippen LogP contribution in [0.2, 0.25) is 0 Å².